The summed E-state index contributed by atoms with van der Waals surface area (Å²) < 4.78 is 0. The van der Waals surface area contributed by atoms with E-state index in [2.05, 4.69) is 51.8 Å². The summed E-state index contributed by atoms with van der Waals surface area (Å²) in [5.41, 5.74) is 0.0222. The summed E-state index contributed by atoms with van der Waals surface area (Å²) in [5.74, 6) is 0. The Kier molecular flexibility index (Phi) is 8.47. The predicted octanol–water partition coefficient (Wildman–Crippen LogP) is 6.16. The molecule has 0 unspecified atom stereocenters. The smallest absolute Gasteiger partial charge is 0.0760 e. The molecular formula is C16H34N2. The van der Waals surface area contributed by atoms with E-state index in [9.17, 15) is 0 Å². The van der Waals surface area contributed by atoms with E-state index in [4.69, 9.17) is 0 Å². The summed E-state index contributed by atoms with van der Waals surface area (Å²) in [6.07, 6.45) is 9.98. The van der Waals surface area contributed by atoms with Crippen LogP contribution in [0.15, 0.2) is 10.2 Å². The van der Waals surface area contributed by atoms with Crippen LogP contribution >= 0.6 is 0 Å². The van der Waals surface area contributed by atoms with E-state index < -0.39 is 0 Å². The molecule has 0 aliphatic carbocycles. The Labute approximate surface area is 115 Å². The van der Waals surface area contributed by atoms with Crippen LogP contribution in [-0.2, 0) is 0 Å². The van der Waals surface area contributed by atoms with Crippen LogP contribution in [0.3, 0.4) is 0 Å². The quantitative estimate of drug-likeness (QED) is 0.329. The number of hydrogen-bond donors (Lipinski definition) is 0. The third-order valence-electron chi connectivity index (χ3n) is 3.38. The van der Waals surface area contributed by atoms with Gasteiger partial charge in [-0.15, -0.1) is 0 Å². The number of rotatable bonds is 10. The SMILES string of the molecule is CCCCCC(C)(C)N=NC(C)(C)CCCCC. The highest BCUT2D eigenvalue weighted by molar-refractivity contribution is 4.80. The van der Waals surface area contributed by atoms with E-state index in [1.807, 2.05) is 0 Å². The van der Waals surface area contributed by atoms with E-state index in [0.717, 1.165) is 12.8 Å². The second kappa shape index (κ2) is 8.66. The molecule has 2 heteroatoms. The van der Waals surface area contributed by atoms with Crippen molar-refractivity contribution in [1.82, 2.24) is 0 Å². The summed E-state index contributed by atoms with van der Waals surface area (Å²) in [4.78, 5) is 0. The zero-order chi connectivity index (χ0) is 14.1. The zero-order valence-electron chi connectivity index (χ0n) is 13.6. The molecule has 18 heavy (non-hydrogen) atoms. The van der Waals surface area contributed by atoms with Crippen LogP contribution in [0.25, 0.3) is 0 Å². The van der Waals surface area contributed by atoms with Crippen LogP contribution in [0, 0.1) is 0 Å². The van der Waals surface area contributed by atoms with Gasteiger partial charge in [-0.25, -0.2) is 0 Å². The van der Waals surface area contributed by atoms with Crippen LogP contribution in [0.1, 0.15) is 92.9 Å². The van der Waals surface area contributed by atoms with Gasteiger partial charge in [-0.3, -0.25) is 0 Å². The molecule has 0 heterocycles. The molecule has 0 aliphatic heterocycles. The van der Waals surface area contributed by atoms with Crippen molar-refractivity contribution in [2.24, 2.45) is 10.2 Å². The second-order valence-corrected chi connectivity index (χ2v) is 6.74. The molecule has 0 atom stereocenters. The Bertz CT molecular complexity index is 205. The monoisotopic (exact) mass is 254 g/mol. The van der Waals surface area contributed by atoms with Crippen LogP contribution in [0.5, 0.6) is 0 Å². The lowest BCUT2D eigenvalue weighted by atomic mass is 9.97. The third kappa shape index (κ3) is 9.61. The summed E-state index contributed by atoms with van der Waals surface area (Å²) in [6, 6.07) is 0. The average Bonchev–Trinajstić information content (AvgIpc) is 2.27. The van der Waals surface area contributed by atoms with Gasteiger partial charge in [0.05, 0.1) is 11.1 Å². The number of unbranched alkanes of at least 4 members (excludes halogenated alkanes) is 4. The van der Waals surface area contributed by atoms with Gasteiger partial charge in [-0.1, -0.05) is 52.4 Å². The fourth-order valence-corrected chi connectivity index (χ4v) is 1.99. The standard InChI is InChI=1S/C16H34N2/c1-7-9-11-13-15(3,4)17-18-16(5,6)14-12-10-8-2/h7-14H2,1-6H3. The van der Waals surface area contributed by atoms with Crippen LogP contribution < -0.4 is 0 Å². The minimum atomic E-state index is 0.0111. The Morgan fingerprint density at radius 3 is 1.22 bits per heavy atom. The molecule has 0 bridgehead atoms. The number of azo groups is 1. The molecule has 0 spiro atoms. The molecule has 0 aromatic heterocycles. The molecule has 2 nitrogen and oxygen atoms in total. The van der Waals surface area contributed by atoms with Crippen molar-refractivity contribution in [2.75, 3.05) is 0 Å². The molecule has 0 saturated heterocycles. The first-order chi connectivity index (χ1) is 8.33. The van der Waals surface area contributed by atoms with Crippen molar-refractivity contribution in [3.05, 3.63) is 0 Å². The average molecular weight is 254 g/mol. The molecule has 0 aromatic rings. The van der Waals surface area contributed by atoms with Crippen LogP contribution in [0.4, 0.5) is 0 Å². The van der Waals surface area contributed by atoms with Gasteiger partial charge in [0.25, 0.3) is 0 Å². The van der Waals surface area contributed by atoms with Gasteiger partial charge >= 0.3 is 0 Å². The van der Waals surface area contributed by atoms with Crippen molar-refractivity contribution in [3.8, 4) is 0 Å². The maximum atomic E-state index is 4.60. The lowest BCUT2D eigenvalue weighted by Crippen LogP contribution is -2.21. The highest BCUT2D eigenvalue weighted by atomic mass is 15.2. The Morgan fingerprint density at radius 2 is 0.944 bits per heavy atom. The Morgan fingerprint density at radius 1 is 0.611 bits per heavy atom. The Hall–Kier alpha value is -0.400. The van der Waals surface area contributed by atoms with Gasteiger partial charge in [0.2, 0.25) is 0 Å². The van der Waals surface area contributed by atoms with Gasteiger partial charge in [0.15, 0.2) is 0 Å². The first kappa shape index (κ1) is 17.6. The Balaban J connectivity index is 4.14. The lowest BCUT2D eigenvalue weighted by Gasteiger charge is -2.23. The molecule has 0 aliphatic rings. The van der Waals surface area contributed by atoms with Crippen LogP contribution in [-0.4, -0.2) is 11.1 Å². The fourth-order valence-electron chi connectivity index (χ4n) is 1.99. The van der Waals surface area contributed by atoms with Crippen LogP contribution in [0.2, 0.25) is 0 Å². The first-order valence-corrected chi connectivity index (χ1v) is 7.77. The molecule has 0 rings (SSSR count). The van der Waals surface area contributed by atoms with Crippen molar-refractivity contribution in [1.29, 1.82) is 0 Å². The van der Waals surface area contributed by atoms with Gasteiger partial charge in [-0.05, 0) is 40.5 Å². The summed E-state index contributed by atoms with van der Waals surface area (Å²) in [7, 11) is 0. The van der Waals surface area contributed by atoms with E-state index in [1.165, 1.54) is 38.5 Å². The molecule has 0 amide bonds. The molecule has 0 N–H and O–H groups in total. The summed E-state index contributed by atoms with van der Waals surface area (Å²) in [6.45, 7) is 13.3. The minimum absolute atomic E-state index is 0.0111. The van der Waals surface area contributed by atoms with Crippen molar-refractivity contribution < 1.29 is 0 Å². The summed E-state index contributed by atoms with van der Waals surface area (Å²) in [5, 5.41) is 9.21. The largest absolute Gasteiger partial charge is 0.187 e. The topological polar surface area (TPSA) is 24.7 Å². The molecular weight excluding hydrogens is 220 g/mol. The second-order valence-electron chi connectivity index (χ2n) is 6.74. The van der Waals surface area contributed by atoms with Gasteiger partial charge in [-0.2, -0.15) is 10.2 Å². The van der Waals surface area contributed by atoms with E-state index in [0.29, 0.717) is 0 Å². The van der Waals surface area contributed by atoms with Gasteiger partial charge in [0.1, 0.15) is 0 Å². The molecule has 0 saturated carbocycles. The van der Waals surface area contributed by atoms with Crippen molar-refractivity contribution in [3.63, 3.8) is 0 Å². The lowest BCUT2D eigenvalue weighted by molar-refractivity contribution is 0.370. The molecule has 108 valence electrons. The maximum Gasteiger partial charge on any atom is 0.0760 e. The zero-order valence-corrected chi connectivity index (χ0v) is 13.6. The normalized spacial score (nSPS) is 13.4. The maximum absolute atomic E-state index is 4.60. The van der Waals surface area contributed by atoms with E-state index in [-0.39, 0.29) is 11.1 Å². The summed E-state index contributed by atoms with van der Waals surface area (Å²) >= 11 is 0. The highest BCUT2D eigenvalue weighted by Gasteiger charge is 2.20. The predicted molar refractivity (Wildman–Crippen MR) is 81.3 cm³/mol. The number of nitrogens with zero attached hydrogens (tertiary/aromatic N) is 2. The van der Waals surface area contributed by atoms with Gasteiger partial charge < -0.3 is 0 Å². The third-order valence-corrected chi connectivity index (χ3v) is 3.38. The highest BCUT2D eigenvalue weighted by Crippen LogP contribution is 2.24. The molecule has 0 radical (unpaired) electrons. The molecule has 0 aromatic carbocycles. The van der Waals surface area contributed by atoms with E-state index in [1.54, 1.807) is 0 Å². The number of hydrogen-bond acceptors (Lipinski definition) is 2. The minimum Gasteiger partial charge on any atom is -0.187 e. The van der Waals surface area contributed by atoms with Crippen molar-refractivity contribution >= 4 is 0 Å². The fraction of sp³-hybridized carbons (Fsp3) is 1.00. The van der Waals surface area contributed by atoms with Crippen molar-refractivity contribution in [2.45, 2.75) is 104 Å². The van der Waals surface area contributed by atoms with E-state index >= 15 is 0 Å². The van der Waals surface area contributed by atoms with Gasteiger partial charge in [0, 0.05) is 0 Å². The molecule has 0 fully saturated rings. The first-order valence-electron chi connectivity index (χ1n) is 7.77.